The summed E-state index contributed by atoms with van der Waals surface area (Å²) in [5.74, 6) is -7.40. The summed E-state index contributed by atoms with van der Waals surface area (Å²) in [6.07, 6.45) is -9.90. The van der Waals surface area contributed by atoms with Crippen LogP contribution in [0.4, 0.5) is 32.0 Å². The maximum absolute atomic E-state index is 14.2. The Hall–Kier alpha value is -7.56. The highest BCUT2D eigenvalue weighted by atomic mass is 19.4. The van der Waals surface area contributed by atoms with E-state index in [9.17, 15) is 80.6 Å². The number of aliphatic hydroxyl groups excluding tert-OH is 2. The maximum atomic E-state index is 14.2. The second-order valence-electron chi connectivity index (χ2n) is 20.8. The van der Waals surface area contributed by atoms with Crippen molar-refractivity contribution in [1.29, 1.82) is 0 Å². The largest absolute Gasteiger partial charge is 0.490 e. The number of aliphatic carboxylic acids is 4. The molecule has 3 aromatic heterocycles. The summed E-state index contributed by atoms with van der Waals surface area (Å²) in [7, 11) is 0. The van der Waals surface area contributed by atoms with Crippen LogP contribution in [0, 0.1) is 0 Å². The highest BCUT2D eigenvalue weighted by molar-refractivity contribution is 5.96. The lowest BCUT2D eigenvalue weighted by Crippen LogP contribution is -2.55. The van der Waals surface area contributed by atoms with E-state index in [0.29, 0.717) is 55.4 Å². The highest BCUT2D eigenvalue weighted by Crippen LogP contribution is 2.35. The third kappa shape index (κ3) is 26.2. The van der Waals surface area contributed by atoms with Gasteiger partial charge in [-0.3, -0.25) is 48.4 Å². The fraction of sp³-hybridized carbons (Fsp3) is 0.607. The van der Waals surface area contributed by atoms with Gasteiger partial charge < -0.3 is 65.9 Å². The molecule has 5 rings (SSSR count). The molecule has 2 aliphatic heterocycles. The van der Waals surface area contributed by atoms with Gasteiger partial charge in [-0.05, 0) is 76.4 Å². The van der Waals surface area contributed by atoms with Gasteiger partial charge in [0.2, 0.25) is 23.6 Å². The topological polar surface area (TPSA) is 354 Å². The molecule has 0 saturated carbocycles. The number of hydrogen-bond acceptors (Lipinski definition) is 20. The first-order valence-electron chi connectivity index (χ1n) is 28.9. The van der Waals surface area contributed by atoms with Gasteiger partial charge in [-0.15, -0.1) is 0 Å². The van der Waals surface area contributed by atoms with E-state index in [0.717, 1.165) is 11.8 Å². The zero-order valence-electron chi connectivity index (χ0n) is 49.8. The van der Waals surface area contributed by atoms with Crippen LogP contribution in [0.15, 0.2) is 42.6 Å². The molecule has 5 heterocycles. The van der Waals surface area contributed by atoms with E-state index in [2.05, 4.69) is 30.8 Å². The van der Waals surface area contributed by atoms with Crippen LogP contribution in [0.25, 0.3) is 11.3 Å². The number of anilines is 1. The smallest absolute Gasteiger partial charge is 0.480 e. The van der Waals surface area contributed by atoms with E-state index < -0.39 is 77.4 Å². The molecule has 0 radical (unpaired) electrons. The van der Waals surface area contributed by atoms with Crippen LogP contribution in [0.5, 0.6) is 11.8 Å². The highest BCUT2D eigenvalue weighted by Gasteiger charge is 2.41. The van der Waals surface area contributed by atoms with E-state index in [1.165, 1.54) is 11.0 Å². The van der Waals surface area contributed by atoms with Gasteiger partial charge in [-0.2, -0.15) is 26.3 Å². The monoisotopic (exact) mass is 1270 g/mol. The van der Waals surface area contributed by atoms with Gasteiger partial charge in [0.1, 0.15) is 0 Å². The molecule has 3 atom stereocenters. The molecule has 0 spiro atoms. The Bertz CT molecular complexity index is 2760. The van der Waals surface area contributed by atoms with Crippen LogP contribution in [-0.2, 0) is 41.5 Å². The van der Waals surface area contributed by atoms with Crippen molar-refractivity contribution in [2.45, 2.75) is 90.0 Å². The van der Waals surface area contributed by atoms with Gasteiger partial charge in [0.05, 0.1) is 86.2 Å². The van der Waals surface area contributed by atoms with Gasteiger partial charge >= 0.3 is 36.2 Å². The molecule has 3 aromatic rings. The Labute approximate surface area is 509 Å². The van der Waals surface area contributed by atoms with E-state index in [1.54, 1.807) is 38.8 Å². The molecular weight excluding hydrogens is 1190 g/mol. The van der Waals surface area contributed by atoms with Crippen LogP contribution < -0.4 is 30.3 Å². The number of nitrogens with zero attached hydrogens (tertiary/aromatic N) is 9. The number of halogens is 6. The van der Waals surface area contributed by atoms with Gasteiger partial charge in [0.25, 0.3) is 5.91 Å². The second-order valence-corrected chi connectivity index (χ2v) is 20.8. The molecule has 2 aliphatic rings. The number of aromatic nitrogens is 3. The van der Waals surface area contributed by atoms with Gasteiger partial charge in [-0.1, -0.05) is 6.92 Å². The number of nitrogens with one attached hydrogen (secondary N) is 3. The Balaban J connectivity index is 0.00000227. The second kappa shape index (κ2) is 36.8. The first kappa shape index (κ1) is 73.9. The number of carbonyl (C=O) groups excluding carboxylic acids is 3. The minimum atomic E-state index is -5.08. The molecule has 0 aliphatic carbocycles. The zero-order valence-corrected chi connectivity index (χ0v) is 49.8. The van der Waals surface area contributed by atoms with Crippen LogP contribution in [0.1, 0.15) is 74.6 Å². The SMILES string of the molecule is CCOc1ccc(C(=O)N2CCN(c3ccc(-c4cccnc4OCC)nc3CNCCCNC(=O)C[C@H](O)C[C@H](O)CCNC(=O)CN3CCN(CC(=O)O)CCN(CC(=O)O)CCN(CC(=O)O)CC3)[C@H](CC)C2)c(C(F)(F)F)n1.O=C(O)C(F)(F)F. The lowest BCUT2D eigenvalue weighted by molar-refractivity contribution is -0.192. The van der Waals surface area contributed by atoms with Crippen molar-refractivity contribution in [3.63, 3.8) is 0 Å². The summed E-state index contributed by atoms with van der Waals surface area (Å²) in [5.41, 5.74) is 0.813. The van der Waals surface area contributed by atoms with Crippen molar-refractivity contribution < 1.29 is 100 Å². The summed E-state index contributed by atoms with van der Waals surface area (Å²) in [5, 5.41) is 65.8. The Morgan fingerprint density at radius 2 is 1.22 bits per heavy atom. The Kier molecular flexibility index (Phi) is 30.6. The van der Waals surface area contributed by atoms with Gasteiger partial charge in [0, 0.05) is 110 Å². The molecule has 0 aromatic carbocycles. The molecule has 0 unspecified atom stereocenters. The molecular formula is C56H80F6N12O15. The number of alkyl halides is 6. The molecule has 89 heavy (non-hydrogen) atoms. The molecule has 27 nitrogen and oxygen atoms in total. The number of carbonyl (C=O) groups is 7. The van der Waals surface area contributed by atoms with Crippen molar-refractivity contribution in [2.75, 3.05) is 136 Å². The molecule has 496 valence electrons. The predicted molar refractivity (Wildman–Crippen MR) is 307 cm³/mol. The molecule has 3 amide bonds. The van der Waals surface area contributed by atoms with E-state index >= 15 is 0 Å². The number of piperazine rings is 1. The quantitative estimate of drug-likeness (QED) is 0.0353. The van der Waals surface area contributed by atoms with Gasteiger partial charge in [0.15, 0.2) is 5.69 Å². The fourth-order valence-electron chi connectivity index (χ4n) is 9.68. The number of amides is 3. The predicted octanol–water partition coefficient (Wildman–Crippen LogP) is 1.81. The maximum Gasteiger partial charge on any atom is 0.490 e. The van der Waals surface area contributed by atoms with Gasteiger partial charge in [-0.25, -0.2) is 19.7 Å². The van der Waals surface area contributed by atoms with Crippen molar-refractivity contribution in [2.24, 2.45) is 0 Å². The zero-order chi connectivity index (χ0) is 65.8. The Morgan fingerprint density at radius 3 is 1.75 bits per heavy atom. The average molecular weight is 1280 g/mol. The van der Waals surface area contributed by atoms with Crippen molar-refractivity contribution >= 4 is 47.3 Å². The molecule has 2 fully saturated rings. The number of carboxylic acids is 4. The molecule has 33 heteroatoms. The lowest BCUT2D eigenvalue weighted by Gasteiger charge is -2.43. The minimum absolute atomic E-state index is 0.0456. The van der Waals surface area contributed by atoms with Crippen molar-refractivity contribution in [1.82, 2.24) is 55.4 Å². The summed E-state index contributed by atoms with van der Waals surface area (Å²) >= 11 is 0. The number of hydrogen-bond donors (Lipinski definition) is 9. The molecule has 9 N–H and O–H groups in total. The standard InChI is InChI=1S/C54H79F3N12O13.C2HF3O2/c1-4-37-32-68(53(80)41-10-13-47(81-5-2)63-51(41)54(55,56)57)27-28-69(37)44-12-11-42(40-9-7-16-61-52(40)82-6-3)62-43(44)31-58-15-8-17-59-45(72)30-39(71)29-38(70)14-18-60-46(73)33-64-19-21-65(34-48(74)75)23-25-67(36-50(78)79)26-24-66(22-20-64)35-49(76)77;3-2(4,5)1(6)7/h7,9-13,16,37-39,58,70-71H,4-6,8,14-15,17-36H2,1-3H3,(H,59,72)(H,60,73)(H,74,75)(H,76,77)(H,78,79);(H,6,7)/t37-,38-,39-;/m1./s1. The van der Waals surface area contributed by atoms with Crippen molar-refractivity contribution in [3.8, 4) is 23.0 Å². The van der Waals surface area contributed by atoms with E-state index in [-0.39, 0.29) is 149 Å². The molecule has 2 saturated heterocycles. The third-order valence-electron chi connectivity index (χ3n) is 14.0. The first-order valence-corrected chi connectivity index (χ1v) is 28.9. The number of aliphatic hydroxyl groups is 2. The van der Waals surface area contributed by atoms with Crippen molar-refractivity contribution in [3.05, 3.63) is 59.5 Å². The van der Waals surface area contributed by atoms with Crippen LogP contribution >= 0.6 is 0 Å². The number of pyridine rings is 3. The average Bonchev–Trinajstić information content (AvgIpc) is 0.973. The fourth-order valence-corrected chi connectivity index (χ4v) is 9.68. The van der Waals surface area contributed by atoms with Crippen LogP contribution in [0.2, 0.25) is 0 Å². The normalized spacial score (nSPS) is 16.8. The summed E-state index contributed by atoms with van der Waals surface area (Å²) in [6, 6.07) is 9.47. The van der Waals surface area contributed by atoms with Crippen LogP contribution in [-0.4, -0.2) is 267 Å². The number of carboxylic acid groups (broad SMARTS) is 4. The van der Waals surface area contributed by atoms with E-state index in [4.69, 9.17) is 24.4 Å². The summed E-state index contributed by atoms with van der Waals surface area (Å²) in [6.45, 7) is 8.38. The minimum Gasteiger partial charge on any atom is -0.480 e. The number of rotatable bonds is 29. The third-order valence-corrected chi connectivity index (χ3v) is 14.0. The summed E-state index contributed by atoms with van der Waals surface area (Å²) < 4.78 is 85.3. The molecule has 0 bridgehead atoms. The first-order chi connectivity index (χ1) is 42.1. The Morgan fingerprint density at radius 1 is 0.663 bits per heavy atom. The lowest BCUT2D eigenvalue weighted by atomic mass is 10.0. The van der Waals surface area contributed by atoms with Crippen LogP contribution in [0.3, 0.4) is 0 Å². The number of ether oxygens (including phenoxy) is 2. The summed E-state index contributed by atoms with van der Waals surface area (Å²) in [4.78, 5) is 107. The van der Waals surface area contributed by atoms with E-state index in [1.807, 2.05) is 32.0 Å².